The Morgan fingerprint density at radius 1 is 1.44 bits per heavy atom. The molecule has 1 aromatic carbocycles. The number of hydrogen-bond donors (Lipinski definition) is 1. The zero-order chi connectivity index (χ0) is 12.5. The van der Waals surface area contributed by atoms with E-state index in [1.807, 2.05) is 31.2 Å². The van der Waals surface area contributed by atoms with Crippen LogP contribution in [-0.2, 0) is 6.61 Å². The topological polar surface area (TPSA) is 55.2 Å². The number of hydrogen-bond acceptors (Lipinski definition) is 5. The van der Waals surface area contributed by atoms with Gasteiger partial charge in [0.1, 0.15) is 12.4 Å². The van der Waals surface area contributed by atoms with Crippen molar-refractivity contribution < 1.29 is 4.74 Å². The van der Waals surface area contributed by atoms with E-state index < -0.39 is 0 Å². The monoisotopic (exact) mass is 278 g/mol. The van der Waals surface area contributed by atoms with Gasteiger partial charge in [0.05, 0.1) is 0 Å². The van der Waals surface area contributed by atoms with Gasteiger partial charge in [0.15, 0.2) is 9.78 Å². The third kappa shape index (κ3) is 2.14. The zero-order valence-corrected chi connectivity index (χ0v) is 11.2. The Labute approximate surface area is 112 Å². The quantitative estimate of drug-likeness (QED) is 0.748. The van der Waals surface area contributed by atoms with E-state index in [1.165, 1.54) is 11.3 Å². The van der Waals surface area contributed by atoms with Gasteiger partial charge in [0, 0.05) is 0 Å². The van der Waals surface area contributed by atoms with Crippen molar-refractivity contribution >= 4 is 28.5 Å². The normalized spacial score (nSPS) is 10.9. The number of nitrogens with one attached hydrogen (secondary N) is 1. The van der Waals surface area contributed by atoms with Crippen molar-refractivity contribution in [3.05, 3.63) is 39.6 Å². The van der Waals surface area contributed by atoms with E-state index in [2.05, 4.69) is 15.3 Å². The molecule has 0 amide bonds. The van der Waals surface area contributed by atoms with Gasteiger partial charge < -0.3 is 4.74 Å². The Morgan fingerprint density at radius 3 is 3.17 bits per heavy atom. The van der Waals surface area contributed by atoms with Gasteiger partial charge in [-0.05, 0) is 36.8 Å². The molecule has 5 nitrogen and oxygen atoms in total. The molecule has 3 aromatic rings. The summed E-state index contributed by atoms with van der Waals surface area (Å²) in [6.45, 7) is 2.38. The van der Waals surface area contributed by atoms with Crippen LogP contribution in [0, 0.1) is 10.9 Å². The summed E-state index contributed by atoms with van der Waals surface area (Å²) in [5.41, 5.74) is 1.16. The fourth-order valence-electron chi connectivity index (χ4n) is 1.62. The minimum absolute atomic E-state index is 0.354. The van der Waals surface area contributed by atoms with Gasteiger partial charge in [-0.3, -0.25) is 5.10 Å². The number of rotatable bonds is 3. The van der Waals surface area contributed by atoms with Gasteiger partial charge in [-0.25, -0.2) is 4.52 Å². The lowest BCUT2D eigenvalue weighted by Crippen LogP contribution is -2.02. The second-order valence-corrected chi connectivity index (χ2v) is 5.48. The van der Waals surface area contributed by atoms with Gasteiger partial charge in [-0.15, -0.1) is 10.2 Å². The number of aryl methyl sites for hydroxylation is 1. The smallest absolute Gasteiger partial charge is 0.233 e. The van der Waals surface area contributed by atoms with E-state index in [0.29, 0.717) is 16.4 Å². The SMILES string of the molecule is Cc1cccc(OCc2nnc3sc(=S)[nH]n23)c1. The van der Waals surface area contributed by atoms with E-state index in [9.17, 15) is 0 Å². The molecular weight excluding hydrogens is 268 g/mol. The number of fused-ring (bicyclic) bond motifs is 1. The first-order valence-corrected chi connectivity index (χ1v) is 6.57. The molecule has 3 rings (SSSR count). The minimum Gasteiger partial charge on any atom is -0.486 e. The summed E-state index contributed by atoms with van der Waals surface area (Å²) in [6.07, 6.45) is 0. The van der Waals surface area contributed by atoms with Gasteiger partial charge >= 0.3 is 0 Å². The minimum atomic E-state index is 0.354. The molecule has 0 aliphatic heterocycles. The number of aromatic nitrogens is 4. The second kappa shape index (κ2) is 4.51. The third-order valence-electron chi connectivity index (χ3n) is 2.44. The lowest BCUT2D eigenvalue weighted by Gasteiger charge is -2.04. The Hall–Kier alpha value is -1.73. The zero-order valence-electron chi connectivity index (χ0n) is 9.58. The van der Waals surface area contributed by atoms with Crippen molar-refractivity contribution in [3.8, 4) is 5.75 Å². The van der Waals surface area contributed by atoms with Crippen LogP contribution in [0.5, 0.6) is 5.75 Å². The number of benzene rings is 1. The van der Waals surface area contributed by atoms with E-state index in [0.717, 1.165) is 16.3 Å². The molecule has 0 aliphatic carbocycles. The van der Waals surface area contributed by atoms with Crippen LogP contribution in [0.3, 0.4) is 0 Å². The average molecular weight is 278 g/mol. The highest BCUT2D eigenvalue weighted by Gasteiger charge is 2.08. The summed E-state index contributed by atoms with van der Waals surface area (Å²) in [4.78, 5) is 0.753. The summed E-state index contributed by atoms with van der Waals surface area (Å²) in [6, 6.07) is 7.88. The molecule has 0 unspecified atom stereocenters. The average Bonchev–Trinajstić information content (AvgIpc) is 2.86. The molecule has 0 saturated carbocycles. The highest BCUT2D eigenvalue weighted by Crippen LogP contribution is 2.15. The fraction of sp³-hybridized carbons (Fsp3) is 0.182. The molecule has 0 radical (unpaired) electrons. The largest absolute Gasteiger partial charge is 0.486 e. The van der Waals surface area contributed by atoms with Crippen LogP contribution in [0.1, 0.15) is 11.4 Å². The van der Waals surface area contributed by atoms with Gasteiger partial charge in [0.25, 0.3) is 0 Å². The molecule has 0 fully saturated rings. The van der Waals surface area contributed by atoms with Gasteiger partial charge in [-0.1, -0.05) is 23.5 Å². The van der Waals surface area contributed by atoms with E-state index in [4.69, 9.17) is 17.0 Å². The summed E-state index contributed by atoms with van der Waals surface area (Å²) >= 11 is 6.44. The summed E-state index contributed by atoms with van der Waals surface area (Å²) in [5.74, 6) is 1.53. The molecule has 2 aromatic heterocycles. The molecule has 0 bridgehead atoms. The van der Waals surface area contributed by atoms with E-state index in [1.54, 1.807) is 4.52 Å². The van der Waals surface area contributed by atoms with E-state index in [-0.39, 0.29) is 0 Å². The van der Waals surface area contributed by atoms with Crippen LogP contribution in [0.15, 0.2) is 24.3 Å². The number of H-pyrrole nitrogens is 1. The maximum Gasteiger partial charge on any atom is 0.233 e. The van der Waals surface area contributed by atoms with Crippen molar-refractivity contribution in [2.75, 3.05) is 0 Å². The van der Waals surface area contributed by atoms with Crippen molar-refractivity contribution in [2.24, 2.45) is 0 Å². The maximum atomic E-state index is 5.68. The highest BCUT2D eigenvalue weighted by molar-refractivity contribution is 7.73. The van der Waals surface area contributed by atoms with Crippen LogP contribution in [-0.4, -0.2) is 19.8 Å². The second-order valence-electron chi connectivity index (χ2n) is 3.84. The molecule has 0 aliphatic rings. The van der Waals surface area contributed by atoms with Crippen LogP contribution in [0.4, 0.5) is 0 Å². The summed E-state index contributed by atoms with van der Waals surface area (Å²) in [5, 5.41) is 11.1. The number of nitrogens with zero attached hydrogens (tertiary/aromatic N) is 3. The number of ether oxygens (including phenoxy) is 1. The summed E-state index contributed by atoms with van der Waals surface area (Å²) in [7, 11) is 0. The molecule has 1 N–H and O–H groups in total. The van der Waals surface area contributed by atoms with Crippen LogP contribution < -0.4 is 4.74 Å². The first-order chi connectivity index (χ1) is 8.72. The fourth-order valence-corrected chi connectivity index (χ4v) is 2.56. The first kappa shape index (κ1) is 11.4. The Balaban J connectivity index is 1.82. The predicted molar refractivity (Wildman–Crippen MR) is 71.6 cm³/mol. The van der Waals surface area contributed by atoms with Gasteiger partial charge in [0.2, 0.25) is 4.96 Å². The molecule has 2 heterocycles. The highest BCUT2D eigenvalue weighted by atomic mass is 32.1. The molecule has 0 atom stereocenters. The molecule has 7 heteroatoms. The Bertz CT molecular complexity index is 743. The van der Waals surface area contributed by atoms with Crippen LogP contribution in [0.25, 0.3) is 4.96 Å². The van der Waals surface area contributed by atoms with Crippen molar-refractivity contribution in [2.45, 2.75) is 13.5 Å². The van der Waals surface area contributed by atoms with Crippen molar-refractivity contribution in [3.63, 3.8) is 0 Å². The maximum absolute atomic E-state index is 5.68. The molecule has 0 spiro atoms. The molecule has 92 valence electrons. The number of aromatic amines is 1. The molecule has 18 heavy (non-hydrogen) atoms. The van der Waals surface area contributed by atoms with Crippen molar-refractivity contribution in [1.29, 1.82) is 0 Å². The molecule has 0 saturated heterocycles. The third-order valence-corrected chi connectivity index (χ3v) is 3.51. The lowest BCUT2D eigenvalue weighted by molar-refractivity contribution is 0.292. The Kier molecular flexibility index (Phi) is 2.85. The lowest BCUT2D eigenvalue weighted by atomic mass is 10.2. The molecular formula is C11H10N4OS2. The predicted octanol–water partition coefficient (Wildman–Crippen LogP) is 2.74. The van der Waals surface area contributed by atoms with Crippen LogP contribution in [0.2, 0.25) is 0 Å². The summed E-state index contributed by atoms with van der Waals surface area (Å²) < 4.78 is 8.11. The van der Waals surface area contributed by atoms with Crippen molar-refractivity contribution in [1.82, 2.24) is 19.8 Å². The Morgan fingerprint density at radius 2 is 2.33 bits per heavy atom. The van der Waals surface area contributed by atoms with Gasteiger partial charge in [-0.2, -0.15) is 0 Å². The van der Waals surface area contributed by atoms with Crippen LogP contribution >= 0.6 is 23.6 Å². The van der Waals surface area contributed by atoms with E-state index >= 15 is 0 Å². The first-order valence-electron chi connectivity index (χ1n) is 5.35. The standard InChI is InChI=1S/C11H10N4OS2/c1-7-3-2-4-8(5-7)16-6-9-12-13-10-15(9)14-11(17)18-10/h2-5H,6H2,1H3,(H,14,17).